The lowest BCUT2D eigenvalue weighted by Crippen LogP contribution is -2.43. The first-order valence-corrected chi connectivity index (χ1v) is 10.4. The molecular weight excluding hydrogens is 336 g/mol. The summed E-state index contributed by atoms with van der Waals surface area (Å²) in [6, 6.07) is 14.0. The third-order valence-electron chi connectivity index (χ3n) is 4.78. The highest BCUT2D eigenvalue weighted by Gasteiger charge is 2.22. The van der Waals surface area contributed by atoms with E-state index in [0.717, 1.165) is 42.0 Å². The number of hydrazine groups is 1. The molecule has 0 aromatic heterocycles. The Kier molecular flexibility index (Phi) is 5.71. The van der Waals surface area contributed by atoms with Gasteiger partial charge in [0.25, 0.3) is 0 Å². The van der Waals surface area contributed by atoms with Crippen LogP contribution < -0.4 is 10.3 Å². The van der Waals surface area contributed by atoms with Crippen molar-refractivity contribution in [3.05, 3.63) is 48.0 Å². The molecule has 3 rings (SSSR count). The lowest BCUT2D eigenvalue weighted by molar-refractivity contribution is -0.121. The van der Waals surface area contributed by atoms with Crippen LogP contribution in [0.5, 0.6) is 0 Å². The predicted molar refractivity (Wildman–Crippen MR) is 99.3 cm³/mol. The van der Waals surface area contributed by atoms with E-state index in [0.29, 0.717) is 6.42 Å². The zero-order valence-electron chi connectivity index (χ0n) is 14.2. The number of nitrogens with one attached hydrogen (secondary N) is 2. The second-order valence-electron chi connectivity index (χ2n) is 6.72. The van der Waals surface area contributed by atoms with Gasteiger partial charge in [-0.3, -0.25) is 10.2 Å². The summed E-state index contributed by atoms with van der Waals surface area (Å²) in [4.78, 5) is 14.2. The number of sulfonamides is 1. The van der Waals surface area contributed by atoms with Crippen molar-refractivity contribution in [3.63, 3.8) is 0 Å². The van der Waals surface area contributed by atoms with E-state index in [1.165, 1.54) is 0 Å². The first-order valence-electron chi connectivity index (χ1n) is 8.78. The first kappa shape index (κ1) is 17.9. The van der Waals surface area contributed by atoms with Gasteiger partial charge in [-0.1, -0.05) is 55.3 Å². The zero-order chi connectivity index (χ0) is 17.7. The van der Waals surface area contributed by atoms with Crippen LogP contribution in [-0.4, -0.2) is 20.1 Å². The van der Waals surface area contributed by atoms with Crippen LogP contribution >= 0.6 is 0 Å². The van der Waals surface area contributed by atoms with Crippen LogP contribution in [0.2, 0.25) is 0 Å². The molecule has 0 heterocycles. The Morgan fingerprint density at radius 3 is 2.56 bits per heavy atom. The van der Waals surface area contributed by atoms with Crippen molar-refractivity contribution in [2.75, 3.05) is 5.75 Å². The third-order valence-corrected chi connectivity index (χ3v) is 6.10. The van der Waals surface area contributed by atoms with Gasteiger partial charge in [-0.15, -0.1) is 4.83 Å². The molecule has 0 spiro atoms. The van der Waals surface area contributed by atoms with Gasteiger partial charge in [-0.2, -0.15) is 0 Å². The van der Waals surface area contributed by atoms with Gasteiger partial charge in [0.05, 0.1) is 5.75 Å². The van der Waals surface area contributed by atoms with E-state index in [1.54, 1.807) is 0 Å². The summed E-state index contributed by atoms with van der Waals surface area (Å²) >= 11 is 0. The molecule has 1 saturated carbocycles. The van der Waals surface area contributed by atoms with E-state index in [1.807, 2.05) is 42.5 Å². The highest BCUT2D eigenvalue weighted by atomic mass is 32.2. The van der Waals surface area contributed by atoms with Crippen molar-refractivity contribution in [2.45, 2.75) is 38.5 Å². The van der Waals surface area contributed by atoms with Gasteiger partial charge < -0.3 is 0 Å². The molecule has 1 fully saturated rings. The highest BCUT2D eigenvalue weighted by molar-refractivity contribution is 7.89. The summed E-state index contributed by atoms with van der Waals surface area (Å²) in [5.41, 5.74) is 3.42. The van der Waals surface area contributed by atoms with Crippen molar-refractivity contribution in [1.29, 1.82) is 0 Å². The van der Waals surface area contributed by atoms with E-state index < -0.39 is 10.0 Å². The largest absolute Gasteiger partial charge is 0.278 e. The maximum atomic E-state index is 12.0. The average molecular weight is 360 g/mol. The SMILES string of the molecule is O=C(CCc1cccc2ccccc12)NNS(=O)(=O)CC1CCCC1. The molecule has 0 unspecified atom stereocenters. The minimum atomic E-state index is -3.46. The number of aryl methyl sites for hydroxylation is 1. The fourth-order valence-electron chi connectivity index (χ4n) is 3.48. The lowest BCUT2D eigenvalue weighted by Gasteiger charge is -2.12. The Bertz CT molecular complexity index is 837. The fraction of sp³-hybridized carbons (Fsp3) is 0.421. The maximum Gasteiger partial charge on any atom is 0.235 e. The Morgan fingerprint density at radius 2 is 1.76 bits per heavy atom. The van der Waals surface area contributed by atoms with Crippen molar-refractivity contribution < 1.29 is 13.2 Å². The molecule has 0 aliphatic heterocycles. The molecule has 0 atom stereocenters. The van der Waals surface area contributed by atoms with Crippen LogP contribution in [0, 0.1) is 5.92 Å². The van der Waals surface area contributed by atoms with Gasteiger partial charge in [0.15, 0.2) is 0 Å². The number of carbonyl (C=O) groups excluding carboxylic acids is 1. The number of rotatable bonds is 7. The molecular formula is C19H24N2O3S. The Balaban J connectivity index is 1.50. The smallest absolute Gasteiger partial charge is 0.235 e. The Labute approximate surface area is 148 Å². The third kappa shape index (κ3) is 5.03. The topological polar surface area (TPSA) is 75.3 Å². The van der Waals surface area contributed by atoms with Crippen molar-refractivity contribution in [1.82, 2.24) is 10.3 Å². The second-order valence-corrected chi connectivity index (χ2v) is 8.49. The van der Waals surface area contributed by atoms with Gasteiger partial charge >= 0.3 is 0 Å². The quantitative estimate of drug-likeness (QED) is 0.746. The number of carbonyl (C=O) groups is 1. The summed E-state index contributed by atoms with van der Waals surface area (Å²) in [6.45, 7) is 0. The van der Waals surface area contributed by atoms with Gasteiger partial charge in [0.2, 0.25) is 15.9 Å². The molecule has 1 aliphatic carbocycles. The summed E-state index contributed by atoms with van der Waals surface area (Å²) in [5, 5.41) is 2.26. The molecule has 0 bridgehead atoms. The molecule has 1 amide bonds. The van der Waals surface area contributed by atoms with Crippen LogP contribution in [0.3, 0.4) is 0 Å². The molecule has 2 aromatic rings. The summed E-state index contributed by atoms with van der Waals surface area (Å²) in [5.74, 6) is -0.00984. The number of fused-ring (bicyclic) bond motifs is 1. The molecule has 2 N–H and O–H groups in total. The van der Waals surface area contributed by atoms with E-state index in [-0.39, 0.29) is 24.0 Å². The number of amides is 1. The standard InChI is InChI=1S/C19H24N2O3S/c22-19(20-21-25(23,24)14-15-6-1-2-7-15)13-12-17-10-5-9-16-8-3-4-11-18(16)17/h3-5,8-11,15,21H,1-2,6-7,12-14H2,(H,20,22). The maximum absolute atomic E-state index is 12.0. The van der Waals surface area contributed by atoms with E-state index >= 15 is 0 Å². The number of benzene rings is 2. The molecule has 2 aromatic carbocycles. The van der Waals surface area contributed by atoms with Crippen molar-refractivity contribution in [2.24, 2.45) is 5.92 Å². The first-order chi connectivity index (χ1) is 12.0. The number of hydrogen-bond acceptors (Lipinski definition) is 3. The highest BCUT2D eigenvalue weighted by Crippen LogP contribution is 2.25. The summed E-state index contributed by atoms with van der Waals surface area (Å²) < 4.78 is 24.0. The number of hydrogen-bond donors (Lipinski definition) is 2. The Morgan fingerprint density at radius 1 is 1.04 bits per heavy atom. The minimum Gasteiger partial charge on any atom is -0.278 e. The average Bonchev–Trinajstić information content (AvgIpc) is 3.10. The predicted octanol–water partition coefficient (Wildman–Crippen LogP) is 2.91. The minimum absolute atomic E-state index is 0.0939. The molecule has 134 valence electrons. The molecule has 5 nitrogen and oxygen atoms in total. The van der Waals surface area contributed by atoms with Crippen molar-refractivity contribution in [3.8, 4) is 0 Å². The zero-order valence-corrected chi connectivity index (χ0v) is 15.0. The van der Waals surface area contributed by atoms with Crippen LogP contribution in [0.4, 0.5) is 0 Å². The van der Waals surface area contributed by atoms with Gasteiger partial charge in [0, 0.05) is 6.42 Å². The lowest BCUT2D eigenvalue weighted by atomic mass is 10.0. The van der Waals surface area contributed by atoms with Crippen LogP contribution in [-0.2, 0) is 21.2 Å². The van der Waals surface area contributed by atoms with Crippen LogP contribution in [0.25, 0.3) is 10.8 Å². The van der Waals surface area contributed by atoms with Gasteiger partial charge in [-0.05, 0) is 41.5 Å². The second kappa shape index (κ2) is 7.97. The molecule has 25 heavy (non-hydrogen) atoms. The van der Waals surface area contributed by atoms with Gasteiger partial charge in [0.1, 0.15) is 0 Å². The van der Waals surface area contributed by atoms with E-state index in [2.05, 4.69) is 10.3 Å². The molecule has 0 saturated heterocycles. The molecule has 0 radical (unpaired) electrons. The van der Waals surface area contributed by atoms with Crippen LogP contribution in [0.1, 0.15) is 37.7 Å². The summed E-state index contributed by atoms with van der Waals surface area (Å²) in [6.07, 6.45) is 4.90. The van der Waals surface area contributed by atoms with E-state index in [9.17, 15) is 13.2 Å². The monoisotopic (exact) mass is 360 g/mol. The summed E-state index contributed by atoms with van der Waals surface area (Å²) in [7, 11) is -3.46. The molecule has 6 heteroatoms. The van der Waals surface area contributed by atoms with Crippen molar-refractivity contribution >= 4 is 26.7 Å². The molecule has 1 aliphatic rings. The van der Waals surface area contributed by atoms with Gasteiger partial charge in [-0.25, -0.2) is 8.42 Å². The normalized spacial score (nSPS) is 15.5. The van der Waals surface area contributed by atoms with E-state index in [4.69, 9.17) is 0 Å². The van der Waals surface area contributed by atoms with Crippen LogP contribution in [0.15, 0.2) is 42.5 Å². The fourth-order valence-corrected chi connectivity index (χ4v) is 4.79. The Hall–Kier alpha value is -1.92.